The Balaban J connectivity index is 1.38. The first-order valence-electron chi connectivity index (χ1n) is 15.1. The lowest BCUT2D eigenvalue weighted by molar-refractivity contribution is -0.142. The molecule has 0 radical (unpaired) electrons. The lowest BCUT2D eigenvalue weighted by Gasteiger charge is -2.31. The summed E-state index contributed by atoms with van der Waals surface area (Å²) in [6.45, 7) is 4.27. The fourth-order valence-corrected chi connectivity index (χ4v) is 5.40. The number of ketones is 1. The zero-order valence-corrected chi connectivity index (χ0v) is 26.2. The van der Waals surface area contributed by atoms with Crippen molar-refractivity contribution in [2.75, 3.05) is 19.8 Å². The van der Waals surface area contributed by atoms with Crippen LogP contribution in [0.3, 0.4) is 0 Å². The first-order chi connectivity index (χ1) is 22.4. The third-order valence-corrected chi connectivity index (χ3v) is 7.60. The predicted molar refractivity (Wildman–Crippen MR) is 168 cm³/mol. The smallest absolute Gasteiger partial charge is 0.416 e. The van der Waals surface area contributed by atoms with Crippen molar-refractivity contribution in [3.8, 4) is 0 Å². The Labute approximate surface area is 270 Å². The number of allylic oxidation sites excluding steroid dienone is 2. The number of amides is 1. The van der Waals surface area contributed by atoms with Gasteiger partial charge in [0.05, 0.1) is 35.8 Å². The molecule has 1 aliphatic rings. The maximum Gasteiger partial charge on any atom is 0.416 e. The summed E-state index contributed by atoms with van der Waals surface area (Å²) in [4.78, 5) is 51.5. The number of hydrogen-bond donors (Lipinski definition) is 2. The molecule has 0 spiro atoms. The van der Waals surface area contributed by atoms with Gasteiger partial charge < -0.3 is 20.1 Å². The van der Waals surface area contributed by atoms with Crippen molar-refractivity contribution in [1.29, 1.82) is 0 Å². The van der Waals surface area contributed by atoms with Crippen LogP contribution in [0.1, 0.15) is 65.7 Å². The Morgan fingerprint density at radius 3 is 1.98 bits per heavy atom. The lowest BCUT2D eigenvalue weighted by Crippen LogP contribution is -2.34. The maximum absolute atomic E-state index is 14.1. The molecule has 1 atom stereocenters. The van der Waals surface area contributed by atoms with Crippen LogP contribution in [-0.2, 0) is 36.5 Å². The SMILES string of the molecule is CCOC(=O)C1=C(C)NC(C)=C(C(=O)OCCNC(=O)CCc2ccc(C(=O)c3ccccc3)cc2)[C@H]1c1ccccc1C(F)(F)F. The van der Waals surface area contributed by atoms with E-state index in [4.69, 9.17) is 9.47 Å². The summed E-state index contributed by atoms with van der Waals surface area (Å²) in [5.41, 5.74) is 0.864. The fourth-order valence-electron chi connectivity index (χ4n) is 5.40. The molecule has 8 nitrogen and oxygen atoms in total. The van der Waals surface area contributed by atoms with Crippen molar-refractivity contribution in [3.05, 3.63) is 129 Å². The first-order valence-corrected chi connectivity index (χ1v) is 15.1. The normalized spacial score (nSPS) is 14.7. The molecule has 0 saturated carbocycles. The third kappa shape index (κ3) is 8.55. The second-order valence-corrected chi connectivity index (χ2v) is 10.8. The van der Waals surface area contributed by atoms with E-state index in [1.807, 2.05) is 6.07 Å². The van der Waals surface area contributed by atoms with E-state index < -0.39 is 29.6 Å². The highest BCUT2D eigenvalue weighted by Crippen LogP contribution is 2.44. The molecule has 3 aromatic carbocycles. The van der Waals surface area contributed by atoms with Gasteiger partial charge in [-0.3, -0.25) is 9.59 Å². The predicted octanol–water partition coefficient (Wildman–Crippen LogP) is 6.03. The van der Waals surface area contributed by atoms with E-state index in [1.54, 1.807) is 55.5 Å². The molecule has 3 aromatic rings. The molecule has 1 aliphatic heterocycles. The molecule has 47 heavy (non-hydrogen) atoms. The number of rotatable bonds is 12. The minimum atomic E-state index is -4.76. The van der Waals surface area contributed by atoms with Crippen LogP contribution >= 0.6 is 0 Å². The Bertz CT molecular complexity index is 1700. The van der Waals surface area contributed by atoms with Crippen molar-refractivity contribution in [2.45, 2.75) is 45.7 Å². The molecule has 0 aliphatic carbocycles. The van der Waals surface area contributed by atoms with Crippen LogP contribution in [0, 0.1) is 0 Å². The number of dihydropyridines is 1. The van der Waals surface area contributed by atoms with Gasteiger partial charge in [-0.05, 0) is 44.4 Å². The summed E-state index contributed by atoms with van der Waals surface area (Å²) in [5, 5.41) is 5.57. The molecule has 246 valence electrons. The Morgan fingerprint density at radius 2 is 1.36 bits per heavy atom. The van der Waals surface area contributed by atoms with E-state index in [2.05, 4.69) is 10.6 Å². The first kappa shape index (κ1) is 34.7. The average Bonchev–Trinajstić information content (AvgIpc) is 3.05. The average molecular weight is 649 g/mol. The largest absolute Gasteiger partial charge is 0.463 e. The van der Waals surface area contributed by atoms with E-state index in [9.17, 15) is 32.3 Å². The molecule has 0 fully saturated rings. The molecule has 0 bridgehead atoms. The van der Waals surface area contributed by atoms with Crippen LogP contribution in [0.4, 0.5) is 13.2 Å². The van der Waals surface area contributed by atoms with Gasteiger partial charge in [0.1, 0.15) is 6.61 Å². The van der Waals surface area contributed by atoms with E-state index in [0.29, 0.717) is 17.5 Å². The van der Waals surface area contributed by atoms with Crippen molar-refractivity contribution >= 4 is 23.6 Å². The second kappa shape index (κ2) is 15.4. The minimum Gasteiger partial charge on any atom is -0.463 e. The number of carbonyl (C=O) groups excluding carboxylic acids is 4. The second-order valence-electron chi connectivity index (χ2n) is 10.8. The fraction of sp³-hybridized carbons (Fsp3) is 0.278. The van der Waals surface area contributed by atoms with Gasteiger partial charge in [-0.2, -0.15) is 13.2 Å². The van der Waals surface area contributed by atoms with Crippen LogP contribution in [0.2, 0.25) is 0 Å². The van der Waals surface area contributed by atoms with Crippen molar-refractivity contribution in [1.82, 2.24) is 10.6 Å². The van der Waals surface area contributed by atoms with Crippen molar-refractivity contribution in [2.24, 2.45) is 0 Å². The highest BCUT2D eigenvalue weighted by atomic mass is 19.4. The lowest BCUT2D eigenvalue weighted by atomic mass is 9.78. The summed E-state index contributed by atoms with van der Waals surface area (Å²) in [5.74, 6) is -3.61. The maximum atomic E-state index is 14.1. The van der Waals surface area contributed by atoms with E-state index in [-0.39, 0.29) is 66.0 Å². The van der Waals surface area contributed by atoms with Gasteiger partial charge in [0.2, 0.25) is 5.91 Å². The molecule has 11 heteroatoms. The van der Waals surface area contributed by atoms with E-state index >= 15 is 0 Å². The quantitative estimate of drug-likeness (QED) is 0.140. The molecule has 1 heterocycles. The summed E-state index contributed by atoms with van der Waals surface area (Å²) in [6, 6.07) is 20.6. The van der Waals surface area contributed by atoms with Gasteiger partial charge >= 0.3 is 18.1 Å². The molecule has 1 amide bonds. The number of benzene rings is 3. The number of nitrogens with one attached hydrogen (secondary N) is 2. The molecule has 0 aromatic heterocycles. The van der Waals surface area contributed by atoms with Crippen molar-refractivity contribution in [3.63, 3.8) is 0 Å². The highest BCUT2D eigenvalue weighted by Gasteiger charge is 2.43. The number of halogens is 3. The topological polar surface area (TPSA) is 111 Å². The van der Waals surface area contributed by atoms with Gasteiger partial charge in [0.15, 0.2) is 5.78 Å². The number of aryl methyl sites for hydroxylation is 1. The third-order valence-electron chi connectivity index (χ3n) is 7.60. The highest BCUT2D eigenvalue weighted by molar-refractivity contribution is 6.09. The van der Waals surface area contributed by atoms with Crippen molar-refractivity contribution < 1.29 is 41.8 Å². The molecule has 2 N–H and O–H groups in total. The Kier molecular flexibility index (Phi) is 11.4. The summed E-state index contributed by atoms with van der Waals surface area (Å²) >= 11 is 0. The van der Waals surface area contributed by atoms with Gasteiger partial charge in [-0.25, -0.2) is 9.59 Å². The van der Waals surface area contributed by atoms with Crippen LogP contribution < -0.4 is 10.6 Å². The number of carbonyl (C=O) groups is 4. The van der Waals surface area contributed by atoms with Gasteiger partial charge in [-0.1, -0.05) is 72.8 Å². The number of hydrogen-bond acceptors (Lipinski definition) is 7. The number of ether oxygens (including phenoxy) is 2. The summed E-state index contributed by atoms with van der Waals surface area (Å²) in [6.07, 6.45) is -4.22. The molecular formula is C36H35F3N2O6. The molecular weight excluding hydrogens is 613 g/mol. The zero-order chi connectivity index (χ0) is 34.1. The number of esters is 2. The number of alkyl halides is 3. The van der Waals surface area contributed by atoms with Crippen LogP contribution in [0.5, 0.6) is 0 Å². The van der Waals surface area contributed by atoms with Crippen LogP contribution in [-0.4, -0.2) is 43.4 Å². The van der Waals surface area contributed by atoms with Gasteiger partial charge in [0.25, 0.3) is 0 Å². The monoisotopic (exact) mass is 648 g/mol. The minimum absolute atomic E-state index is 0.0231. The van der Waals surface area contributed by atoms with Crippen LogP contribution in [0.25, 0.3) is 0 Å². The molecule has 0 saturated heterocycles. The summed E-state index contributed by atoms with van der Waals surface area (Å²) < 4.78 is 52.8. The van der Waals surface area contributed by atoms with Gasteiger partial charge in [-0.15, -0.1) is 0 Å². The molecule has 0 unspecified atom stereocenters. The Hall–Kier alpha value is -5.19. The van der Waals surface area contributed by atoms with Gasteiger partial charge in [0, 0.05) is 28.9 Å². The zero-order valence-electron chi connectivity index (χ0n) is 26.2. The van der Waals surface area contributed by atoms with E-state index in [1.165, 1.54) is 32.0 Å². The van der Waals surface area contributed by atoms with Crippen LogP contribution in [0.15, 0.2) is 101 Å². The molecule has 4 rings (SSSR count). The standard InChI is InChI=1S/C36H35F3N2O6/c1-4-46-34(44)30-22(2)41-23(3)31(32(30)27-12-8-9-13-28(27)36(37,38)39)35(45)47-21-20-40-29(42)19-16-24-14-17-26(18-15-24)33(43)25-10-6-5-7-11-25/h5-15,17-18,32,41H,4,16,19-21H2,1-3H3,(H,40,42)/t32-/m0/s1. The Morgan fingerprint density at radius 1 is 0.787 bits per heavy atom. The summed E-state index contributed by atoms with van der Waals surface area (Å²) in [7, 11) is 0. The van der Waals surface area contributed by atoms with E-state index in [0.717, 1.165) is 11.6 Å².